The number of fused-ring (bicyclic) bond motifs is 1. The van der Waals surface area contributed by atoms with E-state index in [0.29, 0.717) is 27.6 Å². The number of nitrogens with zero attached hydrogens (tertiary/aromatic N) is 2. The summed E-state index contributed by atoms with van der Waals surface area (Å²) in [5.41, 5.74) is 1.28. The van der Waals surface area contributed by atoms with Crippen LogP contribution in [0, 0.1) is 5.82 Å². The highest BCUT2D eigenvalue weighted by atomic mass is 35.5. The standard InChI is InChI=1S/C25H18ClFN2O5/c26-17-4-2-16(3-5-17)24(31)28(13-15-1-10-21-22(11-15)34-14-33-21)20-12-23(30)29(25(20)32)19-8-6-18(27)7-9-19/h1-11,20H,12-14H2. The molecule has 0 radical (unpaired) electrons. The lowest BCUT2D eigenvalue weighted by atomic mass is 10.1. The highest BCUT2D eigenvalue weighted by Crippen LogP contribution is 2.34. The van der Waals surface area contributed by atoms with Gasteiger partial charge < -0.3 is 14.4 Å². The van der Waals surface area contributed by atoms with Gasteiger partial charge in [0, 0.05) is 17.1 Å². The normalized spacial score (nSPS) is 16.8. The van der Waals surface area contributed by atoms with Crippen molar-refractivity contribution in [3.8, 4) is 11.5 Å². The molecule has 3 aromatic carbocycles. The van der Waals surface area contributed by atoms with Gasteiger partial charge >= 0.3 is 0 Å². The van der Waals surface area contributed by atoms with Crippen LogP contribution in [0.1, 0.15) is 22.3 Å². The zero-order chi connectivity index (χ0) is 23.8. The molecule has 3 aromatic rings. The molecule has 1 fully saturated rings. The molecule has 0 aliphatic carbocycles. The molecule has 34 heavy (non-hydrogen) atoms. The van der Waals surface area contributed by atoms with Crippen molar-refractivity contribution in [1.82, 2.24) is 4.90 Å². The summed E-state index contributed by atoms with van der Waals surface area (Å²) < 4.78 is 24.1. The molecular weight excluding hydrogens is 463 g/mol. The summed E-state index contributed by atoms with van der Waals surface area (Å²) in [7, 11) is 0. The summed E-state index contributed by atoms with van der Waals surface area (Å²) >= 11 is 5.96. The van der Waals surface area contributed by atoms with Gasteiger partial charge in [-0.25, -0.2) is 9.29 Å². The van der Waals surface area contributed by atoms with Gasteiger partial charge in [-0.1, -0.05) is 17.7 Å². The Labute approximate surface area is 199 Å². The van der Waals surface area contributed by atoms with Crippen LogP contribution in [-0.2, 0) is 16.1 Å². The third-order valence-corrected chi connectivity index (χ3v) is 5.98. The van der Waals surface area contributed by atoms with Crippen molar-refractivity contribution in [2.75, 3.05) is 11.7 Å². The molecule has 1 atom stereocenters. The maximum atomic E-state index is 13.5. The quantitative estimate of drug-likeness (QED) is 0.512. The molecule has 3 amide bonds. The van der Waals surface area contributed by atoms with Gasteiger partial charge in [-0.05, 0) is 66.2 Å². The Hall–Kier alpha value is -3.91. The zero-order valence-electron chi connectivity index (χ0n) is 17.7. The van der Waals surface area contributed by atoms with Crippen LogP contribution < -0.4 is 14.4 Å². The Morgan fingerprint density at radius 3 is 2.44 bits per heavy atom. The van der Waals surface area contributed by atoms with E-state index >= 15 is 0 Å². The fourth-order valence-corrected chi connectivity index (χ4v) is 4.16. The summed E-state index contributed by atoms with van der Waals surface area (Å²) in [5.74, 6) is -0.809. The van der Waals surface area contributed by atoms with E-state index in [1.165, 1.54) is 29.2 Å². The smallest absolute Gasteiger partial charge is 0.257 e. The molecule has 2 aliphatic heterocycles. The number of carbonyl (C=O) groups is 3. The molecule has 2 heterocycles. The van der Waals surface area contributed by atoms with Crippen molar-refractivity contribution in [3.05, 3.63) is 88.7 Å². The van der Waals surface area contributed by atoms with Crippen molar-refractivity contribution in [3.63, 3.8) is 0 Å². The Morgan fingerprint density at radius 2 is 1.71 bits per heavy atom. The molecule has 1 saturated heterocycles. The lowest BCUT2D eigenvalue weighted by Crippen LogP contribution is -2.45. The number of hydrogen-bond acceptors (Lipinski definition) is 5. The van der Waals surface area contributed by atoms with E-state index in [1.54, 1.807) is 42.5 Å². The Bertz CT molecular complexity index is 1280. The lowest BCUT2D eigenvalue weighted by Gasteiger charge is -2.28. The summed E-state index contributed by atoms with van der Waals surface area (Å²) in [6, 6.07) is 15.6. The minimum absolute atomic E-state index is 0.0546. The Balaban J connectivity index is 1.49. The first-order valence-corrected chi connectivity index (χ1v) is 10.9. The van der Waals surface area contributed by atoms with Gasteiger partial charge in [-0.3, -0.25) is 14.4 Å². The lowest BCUT2D eigenvalue weighted by molar-refractivity contribution is -0.122. The summed E-state index contributed by atoms with van der Waals surface area (Å²) in [4.78, 5) is 42.0. The van der Waals surface area contributed by atoms with Crippen LogP contribution in [-0.4, -0.2) is 35.5 Å². The maximum Gasteiger partial charge on any atom is 0.257 e. The molecule has 1 unspecified atom stereocenters. The molecule has 5 rings (SSSR count). The molecule has 7 nitrogen and oxygen atoms in total. The van der Waals surface area contributed by atoms with Gasteiger partial charge in [-0.15, -0.1) is 0 Å². The van der Waals surface area contributed by atoms with Crippen molar-refractivity contribution < 1.29 is 28.2 Å². The Morgan fingerprint density at radius 1 is 1.00 bits per heavy atom. The SMILES string of the molecule is O=C1CC(N(Cc2ccc3c(c2)OCO3)C(=O)c2ccc(Cl)cc2)C(=O)N1c1ccc(F)cc1. The second-order valence-electron chi connectivity index (χ2n) is 7.89. The number of halogens is 2. The van der Waals surface area contributed by atoms with Gasteiger partial charge in [0.25, 0.3) is 11.8 Å². The van der Waals surface area contributed by atoms with Crippen molar-refractivity contribution in [2.24, 2.45) is 0 Å². The van der Waals surface area contributed by atoms with Crippen molar-refractivity contribution >= 4 is 35.0 Å². The molecule has 0 spiro atoms. The number of rotatable bonds is 5. The van der Waals surface area contributed by atoms with E-state index in [0.717, 1.165) is 4.90 Å². The highest BCUT2D eigenvalue weighted by molar-refractivity contribution is 6.30. The first-order chi connectivity index (χ1) is 16.4. The fraction of sp³-hybridized carbons (Fsp3) is 0.160. The van der Waals surface area contributed by atoms with Crippen LogP contribution >= 0.6 is 11.6 Å². The van der Waals surface area contributed by atoms with Gasteiger partial charge in [-0.2, -0.15) is 0 Å². The third kappa shape index (κ3) is 4.08. The molecule has 172 valence electrons. The van der Waals surface area contributed by atoms with E-state index < -0.39 is 29.6 Å². The summed E-state index contributed by atoms with van der Waals surface area (Å²) in [6.45, 7) is 0.160. The van der Waals surface area contributed by atoms with Crippen LogP contribution in [0.25, 0.3) is 0 Å². The molecule has 0 N–H and O–H groups in total. The molecule has 0 aromatic heterocycles. The fourth-order valence-electron chi connectivity index (χ4n) is 4.04. The Kier molecular flexibility index (Phi) is 5.67. The number of amides is 3. The van der Waals surface area contributed by atoms with E-state index in [4.69, 9.17) is 21.1 Å². The van der Waals surface area contributed by atoms with Gasteiger partial charge in [0.15, 0.2) is 11.5 Å². The number of ether oxygens (including phenoxy) is 2. The predicted molar refractivity (Wildman–Crippen MR) is 121 cm³/mol. The largest absolute Gasteiger partial charge is 0.454 e. The second-order valence-corrected chi connectivity index (χ2v) is 8.33. The van der Waals surface area contributed by atoms with E-state index in [-0.39, 0.29) is 25.4 Å². The van der Waals surface area contributed by atoms with E-state index in [9.17, 15) is 18.8 Å². The van der Waals surface area contributed by atoms with Crippen LogP contribution in [0.4, 0.5) is 10.1 Å². The summed E-state index contributed by atoms with van der Waals surface area (Å²) in [5, 5.41) is 0.466. The first-order valence-electron chi connectivity index (χ1n) is 10.5. The second kappa shape index (κ2) is 8.79. The predicted octanol–water partition coefficient (Wildman–Crippen LogP) is 4.18. The van der Waals surface area contributed by atoms with E-state index in [2.05, 4.69) is 0 Å². The van der Waals surface area contributed by atoms with Gasteiger partial charge in [0.1, 0.15) is 11.9 Å². The number of benzene rings is 3. The minimum Gasteiger partial charge on any atom is -0.454 e. The van der Waals surface area contributed by atoms with E-state index in [1.807, 2.05) is 0 Å². The maximum absolute atomic E-state index is 13.5. The summed E-state index contributed by atoms with van der Waals surface area (Å²) in [6.07, 6.45) is -0.194. The third-order valence-electron chi connectivity index (χ3n) is 5.73. The minimum atomic E-state index is -1.04. The zero-order valence-corrected chi connectivity index (χ0v) is 18.5. The number of hydrogen-bond donors (Lipinski definition) is 0. The van der Waals surface area contributed by atoms with Crippen molar-refractivity contribution in [1.29, 1.82) is 0 Å². The van der Waals surface area contributed by atoms with Crippen LogP contribution in [0.5, 0.6) is 11.5 Å². The molecule has 9 heteroatoms. The molecule has 2 aliphatic rings. The molecule has 0 saturated carbocycles. The average molecular weight is 481 g/mol. The van der Waals surface area contributed by atoms with Crippen molar-refractivity contribution in [2.45, 2.75) is 19.0 Å². The van der Waals surface area contributed by atoms with Crippen LogP contribution in [0.3, 0.4) is 0 Å². The number of imide groups is 1. The van der Waals surface area contributed by atoms with Gasteiger partial charge in [0.2, 0.25) is 12.7 Å². The average Bonchev–Trinajstić information content (AvgIpc) is 3.41. The number of carbonyl (C=O) groups excluding carboxylic acids is 3. The monoisotopic (exact) mass is 480 g/mol. The molecular formula is C25H18ClFN2O5. The van der Waals surface area contributed by atoms with Crippen LogP contribution in [0.15, 0.2) is 66.7 Å². The molecule has 0 bridgehead atoms. The number of anilines is 1. The first kappa shape index (κ1) is 21.9. The van der Waals surface area contributed by atoms with Gasteiger partial charge in [0.05, 0.1) is 12.1 Å². The topological polar surface area (TPSA) is 76.1 Å². The van der Waals surface area contributed by atoms with Crippen LogP contribution in [0.2, 0.25) is 5.02 Å². The highest BCUT2D eigenvalue weighted by Gasteiger charge is 2.44.